The Labute approximate surface area is 159 Å². The second-order valence-corrected chi connectivity index (χ2v) is 9.88. The molecule has 9 atom stereocenters. The Morgan fingerprint density at radius 3 is 2.63 bits per heavy atom. The summed E-state index contributed by atoms with van der Waals surface area (Å²) in [6, 6.07) is 0. The maximum Gasteiger partial charge on any atom is 0.155 e. The van der Waals surface area contributed by atoms with Crippen molar-refractivity contribution in [2.45, 2.75) is 76.3 Å². The first kappa shape index (κ1) is 19.5. The van der Waals surface area contributed by atoms with Crippen LogP contribution in [-0.4, -0.2) is 61.8 Å². The standard InChI is InChI=1S/C21H32O6/c1-19-5-3-11(23)7-14(19)15(24)8-12-13-4-6-21(27,17(26)10-22)20(13,2)9-16(25)18(12)19/h7,12-13,15-18,22,24-27H,3-6,8-10H2,1-2H3/t12-,13-,15+,16-,17-,18+,19-,20-,21-/m0/s1. The first-order chi connectivity index (χ1) is 12.6. The van der Waals surface area contributed by atoms with Gasteiger partial charge in [0.2, 0.25) is 0 Å². The number of hydrogen-bond donors (Lipinski definition) is 5. The van der Waals surface area contributed by atoms with Crippen LogP contribution in [0.1, 0.15) is 52.4 Å². The van der Waals surface area contributed by atoms with Gasteiger partial charge in [-0.1, -0.05) is 13.8 Å². The third-order valence-corrected chi connectivity index (χ3v) is 8.85. The lowest BCUT2D eigenvalue weighted by atomic mass is 9.45. The van der Waals surface area contributed by atoms with Gasteiger partial charge in [-0.05, 0) is 66.9 Å². The minimum Gasteiger partial charge on any atom is -0.394 e. The number of ketones is 1. The molecule has 6 nitrogen and oxygen atoms in total. The molecule has 0 spiro atoms. The van der Waals surface area contributed by atoms with Crippen LogP contribution in [0.5, 0.6) is 0 Å². The van der Waals surface area contributed by atoms with Crippen LogP contribution in [0.25, 0.3) is 0 Å². The van der Waals surface area contributed by atoms with Crippen molar-refractivity contribution in [2.24, 2.45) is 28.6 Å². The summed E-state index contributed by atoms with van der Waals surface area (Å²) in [5.41, 5.74) is -1.83. The van der Waals surface area contributed by atoms with Gasteiger partial charge in [-0.3, -0.25) is 4.79 Å². The van der Waals surface area contributed by atoms with E-state index in [1.807, 2.05) is 6.92 Å². The van der Waals surface area contributed by atoms with Crippen molar-refractivity contribution in [3.8, 4) is 0 Å². The molecule has 152 valence electrons. The maximum atomic E-state index is 11.9. The van der Waals surface area contributed by atoms with Crippen LogP contribution in [0, 0.1) is 28.6 Å². The summed E-state index contributed by atoms with van der Waals surface area (Å²) in [5, 5.41) is 53.2. The zero-order valence-electron chi connectivity index (χ0n) is 16.1. The van der Waals surface area contributed by atoms with Crippen LogP contribution in [0.3, 0.4) is 0 Å². The number of aliphatic hydroxyl groups is 5. The van der Waals surface area contributed by atoms with Gasteiger partial charge in [-0.2, -0.15) is 0 Å². The highest BCUT2D eigenvalue weighted by Crippen LogP contribution is 2.67. The van der Waals surface area contributed by atoms with Crippen molar-refractivity contribution in [1.29, 1.82) is 0 Å². The summed E-state index contributed by atoms with van der Waals surface area (Å²) >= 11 is 0. The molecule has 4 rings (SSSR count). The van der Waals surface area contributed by atoms with Crippen molar-refractivity contribution < 1.29 is 30.3 Å². The second kappa shape index (κ2) is 6.10. The molecule has 0 aromatic heterocycles. The fourth-order valence-electron chi connectivity index (χ4n) is 7.48. The van der Waals surface area contributed by atoms with Crippen LogP contribution in [0.4, 0.5) is 0 Å². The molecule has 0 saturated heterocycles. The Balaban J connectivity index is 1.76. The first-order valence-corrected chi connectivity index (χ1v) is 10.2. The molecule has 5 N–H and O–H groups in total. The van der Waals surface area contributed by atoms with Gasteiger partial charge in [-0.15, -0.1) is 0 Å². The van der Waals surface area contributed by atoms with E-state index in [4.69, 9.17) is 0 Å². The summed E-state index contributed by atoms with van der Waals surface area (Å²) in [5.74, 6) is 0.00939. The number of rotatable bonds is 2. The summed E-state index contributed by atoms with van der Waals surface area (Å²) in [4.78, 5) is 11.9. The van der Waals surface area contributed by atoms with Crippen LogP contribution in [-0.2, 0) is 4.79 Å². The lowest BCUT2D eigenvalue weighted by Gasteiger charge is -2.61. The minimum atomic E-state index is -1.44. The Bertz CT molecular complexity index is 676. The van der Waals surface area contributed by atoms with Crippen LogP contribution >= 0.6 is 0 Å². The molecule has 4 aliphatic rings. The zero-order chi connectivity index (χ0) is 19.8. The molecule has 0 bridgehead atoms. The number of hydrogen-bond acceptors (Lipinski definition) is 6. The molecule has 27 heavy (non-hydrogen) atoms. The minimum absolute atomic E-state index is 0.00372. The number of carbonyl (C=O) groups excluding carboxylic acids is 1. The van der Waals surface area contributed by atoms with Gasteiger partial charge in [-0.25, -0.2) is 0 Å². The number of carbonyl (C=O) groups is 1. The van der Waals surface area contributed by atoms with E-state index in [0.717, 1.165) is 5.57 Å². The lowest BCUT2D eigenvalue weighted by molar-refractivity contribution is -0.212. The lowest BCUT2D eigenvalue weighted by Crippen LogP contribution is -2.64. The topological polar surface area (TPSA) is 118 Å². The van der Waals surface area contributed by atoms with Gasteiger partial charge in [0, 0.05) is 11.8 Å². The molecule has 0 aromatic carbocycles. The average Bonchev–Trinajstić information content (AvgIpc) is 2.87. The van der Waals surface area contributed by atoms with E-state index in [2.05, 4.69) is 6.92 Å². The van der Waals surface area contributed by atoms with Gasteiger partial charge in [0.15, 0.2) is 5.78 Å². The van der Waals surface area contributed by atoms with Gasteiger partial charge in [0.05, 0.1) is 24.4 Å². The van der Waals surface area contributed by atoms with Crippen molar-refractivity contribution >= 4 is 5.78 Å². The monoisotopic (exact) mass is 380 g/mol. The quantitative estimate of drug-likeness (QED) is 0.477. The average molecular weight is 380 g/mol. The Morgan fingerprint density at radius 1 is 1.26 bits per heavy atom. The third-order valence-electron chi connectivity index (χ3n) is 8.85. The molecule has 0 heterocycles. The van der Waals surface area contributed by atoms with Crippen molar-refractivity contribution in [1.82, 2.24) is 0 Å². The van der Waals surface area contributed by atoms with Crippen LogP contribution in [0.2, 0.25) is 0 Å². The van der Waals surface area contributed by atoms with Gasteiger partial charge < -0.3 is 25.5 Å². The molecular formula is C21H32O6. The molecule has 4 aliphatic carbocycles. The summed E-state index contributed by atoms with van der Waals surface area (Å²) in [6.45, 7) is 3.45. The van der Waals surface area contributed by atoms with Crippen LogP contribution in [0.15, 0.2) is 11.6 Å². The van der Waals surface area contributed by atoms with Crippen molar-refractivity contribution in [3.05, 3.63) is 11.6 Å². The molecule has 0 radical (unpaired) electrons. The van der Waals surface area contributed by atoms with E-state index in [9.17, 15) is 30.3 Å². The van der Waals surface area contributed by atoms with Crippen LogP contribution < -0.4 is 0 Å². The highest BCUT2D eigenvalue weighted by atomic mass is 16.4. The van der Waals surface area contributed by atoms with Gasteiger partial charge in [0.1, 0.15) is 6.10 Å². The van der Waals surface area contributed by atoms with E-state index in [0.29, 0.717) is 38.5 Å². The fraction of sp³-hybridized carbons (Fsp3) is 0.857. The molecule has 6 heteroatoms. The normalized spacial score (nSPS) is 53.2. The van der Waals surface area contributed by atoms with E-state index in [-0.39, 0.29) is 23.5 Å². The molecule has 0 unspecified atom stereocenters. The predicted octanol–water partition coefficient (Wildman–Crippen LogP) is 0.544. The van der Waals surface area contributed by atoms with Gasteiger partial charge >= 0.3 is 0 Å². The number of fused-ring (bicyclic) bond motifs is 5. The summed E-state index contributed by atoms with van der Waals surface area (Å²) in [7, 11) is 0. The molecule has 0 aromatic rings. The Hall–Kier alpha value is -0.790. The second-order valence-electron chi connectivity index (χ2n) is 9.88. The SMILES string of the molecule is C[C@]12CCC(=O)C=C1[C@H](O)C[C@@H]1[C@@H]2[C@@H](O)C[C@@]2(C)[C@H]1CC[C@]2(O)[C@@H](O)CO. The first-order valence-electron chi connectivity index (χ1n) is 10.2. The summed E-state index contributed by atoms with van der Waals surface area (Å²) in [6.07, 6.45) is 1.86. The molecule has 3 fully saturated rings. The molecule has 3 saturated carbocycles. The maximum absolute atomic E-state index is 11.9. The molecule has 0 aliphatic heterocycles. The van der Waals surface area contributed by atoms with Crippen molar-refractivity contribution in [3.63, 3.8) is 0 Å². The largest absolute Gasteiger partial charge is 0.394 e. The molecule has 0 amide bonds. The van der Waals surface area contributed by atoms with E-state index < -0.39 is 41.3 Å². The highest BCUT2D eigenvalue weighted by Gasteiger charge is 2.68. The van der Waals surface area contributed by atoms with Gasteiger partial charge in [0.25, 0.3) is 0 Å². The zero-order valence-corrected chi connectivity index (χ0v) is 16.1. The molecular weight excluding hydrogens is 348 g/mol. The van der Waals surface area contributed by atoms with E-state index >= 15 is 0 Å². The summed E-state index contributed by atoms with van der Waals surface area (Å²) < 4.78 is 0. The predicted molar refractivity (Wildman–Crippen MR) is 97.5 cm³/mol. The third kappa shape index (κ3) is 2.40. The Morgan fingerprint density at radius 2 is 1.96 bits per heavy atom. The Kier molecular flexibility index (Phi) is 4.41. The number of aliphatic hydroxyl groups excluding tert-OH is 4. The van der Waals surface area contributed by atoms with E-state index in [1.54, 1.807) is 6.08 Å². The van der Waals surface area contributed by atoms with E-state index in [1.165, 1.54) is 0 Å². The smallest absolute Gasteiger partial charge is 0.155 e. The fourth-order valence-corrected chi connectivity index (χ4v) is 7.48. The van der Waals surface area contributed by atoms with Crippen molar-refractivity contribution in [2.75, 3.05) is 6.61 Å². The highest BCUT2D eigenvalue weighted by molar-refractivity contribution is 5.91.